The lowest BCUT2D eigenvalue weighted by atomic mass is 10.3. The number of aromatic amines is 1. The molecule has 1 heterocycles. The van der Waals surface area contributed by atoms with Crippen LogP contribution in [0.5, 0.6) is 0 Å². The molecule has 0 fully saturated rings. The number of H-pyrrole nitrogens is 1. The number of aromatic nitrogens is 2. The van der Waals surface area contributed by atoms with Crippen molar-refractivity contribution in [2.24, 2.45) is 0 Å². The Labute approximate surface area is 101 Å². The first kappa shape index (κ1) is 11.1. The van der Waals surface area contributed by atoms with Gasteiger partial charge < -0.3 is 10.3 Å². The van der Waals surface area contributed by atoms with Crippen LogP contribution in [0, 0.1) is 12.7 Å². The average Bonchev–Trinajstić information content (AvgIpc) is 2.63. The molecule has 0 saturated carbocycles. The van der Waals surface area contributed by atoms with Crippen LogP contribution in [0.25, 0.3) is 0 Å². The Hall–Kier alpha value is -1.36. The van der Waals surface area contributed by atoms with Crippen LogP contribution in [0.4, 0.5) is 10.1 Å². The molecule has 16 heavy (non-hydrogen) atoms. The minimum atomic E-state index is -0.255. The molecule has 2 rings (SSSR count). The van der Waals surface area contributed by atoms with Gasteiger partial charge in [0.05, 0.1) is 18.4 Å². The Balaban J connectivity index is 2.04. The largest absolute Gasteiger partial charge is 0.378 e. The molecular weight excluding hydrogens is 273 g/mol. The molecule has 84 valence electrons. The Morgan fingerprint density at radius 1 is 1.50 bits per heavy atom. The molecule has 0 aliphatic rings. The summed E-state index contributed by atoms with van der Waals surface area (Å²) in [7, 11) is 0. The number of nitrogens with one attached hydrogen (secondary N) is 2. The number of hydrogen-bond acceptors (Lipinski definition) is 2. The predicted molar refractivity (Wildman–Crippen MR) is 64.8 cm³/mol. The quantitative estimate of drug-likeness (QED) is 0.908. The maximum absolute atomic E-state index is 12.8. The Morgan fingerprint density at radius 2 is 2.31 bits per heavy atom. The smallest absolute Gasteiger partial charge is 0.124 e. The third-order valence-electron chi connectivity index (χ3n) is 2.16. The minimum Gasteiger partial charge on any atom is -0.378 e. The molecule has 1 aromatic carbocycles. The van der Waals surface area contributed by atoms with Gasteiger partial charge in [0.25, 0.3) is 0 Å². The normalized spacial score (nSPS) is 10.4. The number of benzene rings is 1. The molecule has 0 aliphatic heterocycles. The summed E-state index contributed by atoms with van der Waals surface area (Å²) in [5.74, 6) is 0.629. The van der Waals surface area contributed by atoms with Crippen LogP contribution in [0.15, 0.2) is 28.9 Å². The molecule has 5 heteroatoms. The van der Waals surface area contributed by atoms with Gasteiger partial charge in [-0.15, -0.1) is 0 Å². The van der Waals surface area contributed by atoms with E-state index >= 15 is 0 Å². The van der Waals surface area contributed by atoms with Crippen LogP contribution in [0.2, 0.25) is 0 Å². The van der Waals surface area contributed by atoms with Crippen molar-refractivity contribution < 1.29 is 4.39 Å². The highest BCUT2D eigenvalue weighted by atomic mass is 79.9. The highest BCUT2D eigenvalue weighted by Gasteiger charge is 2.02. The molecule has 2 aromatic rings. The fraction of sp³-hybridized carbons (Fsp3) is 0.182. The van der Waals surface area contributed by atoms with Gasteiger partial charge in [-0.25, -0.2) is 9.37 Å². The lowest BCUT2D eigenvalue weighted by Gasteiger charge is -2.06. The van der Waals surface area contributed by atoms with E-state index < -0.39 is 0 Å². The van der Waals surface area contributed by atoms with E-state index in [9.17, 15) is 4.39 Å². The zero-order chi connectivity index (χ0) is 11.5. The van der Waals surface area contributed by atoms with Gasteiger partial charge in [0, 0.05) is 10.2 Å². The first-order chi connectivity index (χ1) is 7.65. The van der Waals surface area contributed by atoms with Crippen molar-refractivity contribution in [3.63, 3.8) is 0 Å². The number of imidazole rings is 1. The van der Waals surface area contributed by atoms with Crippen LogP contribution in [-0.2, 0) is 6.54 Å². The van der Waals surface area contributed by atoms with E-state index in [4.69, 9.17) is 0 Å². The monoisotopic (exact) mass is 283 g/mol. The Morgan fingerprint density at radius 3 is 2.94 bits per heavy atom. The van der Waals surface area contributed by atoms with E-state index in [0.717, 1.165) is 17.2 Å². The Kier molecular flexibility index (Phi) is 3.24. The van der Waals surface area contributed by atoms with Crippen LogP contribution < -0.4 is 5.32 Å². The fourth-order valence-electron chi connectivity index (χ4n) is 1.38. The van der Waals surface area contributed by atoms with Crippen molar-refractivity contribution in [2.75, 3.05) is 5.32 Å². The van der Waals surface area contributed by atoms with Gasteiger partial charge in [-0.2, -0.15) is 0 Å². The SMILES string of the molecule is Cc1ncc(CNc2ccc(F)cc2Br)[nH]1. The molecule has 0 amide bonds. The van der Waals surface area contributed by atoms with Gasteiger partial charge >= 0.3 is 0 Å². The Bertz CT molecular complexity index is 496. The second-order valence-corrected chi connectivity index (χ2v) is 4.33. The van der Waals surface area contributed by atoms with Gasteiger partial charge in [-0.05, 0) is 41.1 Å². The first-order valence-corrected chi connectivity index (χ1v) is 5.64. The van der Waals surface area contributed by atoms with Crippen LogP contribution in [0.1, 0.15) is 11.5 Å². The van der Waals surface area contributed by atoms with Crippen molar-refractivity contribution in [1.82, 2.24) is 9.97 Å². The van der Waals surface area contributed by atoms with E-state index in [1.54, 1.807) is 12.3 Å². The van der Waals surface area contributed by atoms with Crippen molar-refractivity contribution in [3.8, 4) is 0 Å². The lowest BCUT2D eigenvalue weighted by molar-refractivity contribution is 0.627. The van der Waals surface area contributed by atoms with Crippen molar-refractivity contribution in [2.45, 2.75) is 13.5 Å². The average molecular weight is 284 g/mol. The third-order valence-corrected chi connectivity index (χ3v) is 2.81. The van der Waals surface area contributed by atoms with Gasteiger partial charge in [0.15, 0.2) is 0 Å². The number of anilines is 1. The molecular formula is C11H11BrFN3. The number of hydrogen-bond donors (Lipinski definition) is 2. The molecule has 1 aromatic heterocycles. The number of halogens is 2. The van der Waals surface area contributed by atoms with E-state index in [0.29, 0.717) is 11.0 Å². The zero-order valence-corrected chi connectivity index (χ0v) is 10.3. The maximum Gasteiger partial charge on any atom is 0.124 e. The molecule has 0 saturated heterocycles. The highest BCUT2D eigenvalue weighted by molar-refractivity contribution is 9.10. The highest BCUT2D eigenvalue weighted by Crippen LogP contribution is 2.23. The van der Waals surface area contributed by atoms with E-state index in [-0.39, 0.29) is 5.82 Å². The molecule has 3 nitrogen and oxygen atoms in total. The molecule has 0 radical (unpaired) electrons. The fourth-order valence-corrected chi connectivity index (χ4v) is 1.88. The maximum atomic E-state index is 12.8. The van der Waals surface area contributed by atoms with Gasteiger partial charge in [-0.3, -0.25) is 0 Å². The van der Waals surface area contributed by atoms with Crippen LogP contribution in [-0.4, -0.2) is 9.97 Å². The van der Waals surface area contributed by atoms with Gasteiger partial charge in [0.1, 0.15) is 11.6 Å². The van der Waals surface area contributed by atoms with Gasteiger partial charge in [-0.1, -0.05) is 0 Å². The minimum absolute atomic E-state index is 0.255. The standard InChI is InChI=1S/C11H11BrFN3/c1-7-14-5-9(16-7)6-15-11-3-2-8(13)4-10(11)12/h2-5,15H,6H2,1H3,(H,14,16). The first-order valence-electron chi connectivity index (χ1n) is 4.84. The summed E-state index contributed by atoms with van der Waals surface area (Å²) < 4.78 is 13.6. The predicted octanol–water partition coefficient (Wildman–Crippen LogP) is 3.23. The zero-order valence-electron chi connectivity index (χ0n) is 8.72. The van der Waals surface area contributed by atoms with Gasteiger partial charge in [0.2, 0.25) is 0 Å². The number of aryl methyl sites for hydroxylation is 1. The lowest BCUT2D eigenvalue weighted by Crippen LogP contribution is -2.00. The third kappa shape index (κ3) is 2.61. The second-order valence-electron chi connectivity index (χ2n) is 3.47. The van der Waals surface area contributed by atoms with Crippen molar-refractivity contribution >= 4 is 21.6 Å². The molecule has 0 unspecified atom stereocenters. The summed E-state index contributed by atoms with van der Waals surface area (Å²) in [4.78, 5) is 7.21. The van der Waals surface area contributed by atoms with Crippen LogP contribution >= 0.6 is 15.9 Å². The summed E-state index contributed by atoms with van der Waals surface area (Å²) in [6.07, 6.45) is 1.78. The van der Waals surface area contributed by atoms with Crippen LogP contribution in [0.3, 0.4) is 0 Å². The van der Waals surface area contributed by atoms with E-state index in [2.05, 4.69) is 31.2 Å². The molecule has 0 aliphatic carbocycles. The summed E-state index contributed by atoms with van der Waals surface area (Å²) in [5.41, 5.74) is 1.85. The summed E-state index contributed by atoms with van der Waals surface area (Å²) >= 11 is 3.30. The number of nitrogens with zero attached hydrogens (tertiary/aromatic N) is 1. The second kappa shape index (κ2) is 4.65. The van der Waals surface area contributed by atoms with E-state index in [1.165, 1.54) is 12.1 Å². The summed E-state index contributed by atoms with van der Waals surface area (Å²) in [5, 5.41) is 3.18. The summed E-state index contributed by atoms with van der Waals surface area (Å²) in [6.45, 7) is 2.53. The molecule has 0 bridgehead atoms. The van der Waals surface area contributed by atoms with Crippen molar-refractivity contribution in [1.29, 1.82) is 0 Å². The number of rotatable bonds is 3. The van der Waals surface area contributed by atoms with Crippen molar-refractivity contribution in [3.05, 3.63) is 46.2 Å². The topological polar surface area (TPSA) is 40.7 Å². The molecule has 2 N–H and O–H groups in total. The molecule has 0 spiro atoms. The summed E-state index contributed by atoms with van der Waals surface area (Å²) in [6, 6.07) is 4.55. The van der Waals surface area contributed by atoms with E-state index in [1.807, 2.05) is 6.92 Å². The molecule has 0 atom stereocenters.